The number of rotatable bonds is 7. The first-order valence-corrected chi connectivity index (χ1v) is 7.80. The van der Waals surface area contributed by atoms with Crippen LogP contribution in [0.2, 0.25) is 0 Å². The highest BCUT2D eigenvalue weighted by Gasteiger charge is 2.10. The molecule has 2 aromatic carbocycles. The molecule has 0 aliphatic heterocycles. The number of ether oxygens (including phenoxy) is 1. The standard InChI is InChI=1S/C19H22N2O3/c1-14-7-3-4-8-15(14)12-20-18(22)11-19(23)21-13-16-9-5-6-10-17(16)24-2/h3-10H,11-13H2,1-2H3,(H,20,22)(H,21,23). The molecule has 0 saturated heterocycles. The van der Waals surface area contributed by atoms with Gasteiger partial charge in [0.1, 0.15) is 12.2 Å². The topological polar surface area (TPSA) is 67.4 Å². The molecule has 2 N–H and O–H groups in total. The summed E-state index contributed by atoms with van der Waals surface area (Å²) in [6.07, 6.45) is -0.193. The Morgan fingerprint density at radius 1 is 0.875 bits per heavy atom. The summed E-state index contributed by atoms with van der Waals surface area (Å²) in [6, 6.07) is 15.3. The SMILES string of the molecule is COc1ccccc1CNC(=O)CC(=O)NCc1ccccc1C. The minimum Gasteiger partial charge on any atom is -0.496 e. The Hall–Kier alpha value is -2.82. The Morgan fingerprint density at radius 2 is 1.42 bits per heavy atom. The maximum absolute atomic E-state index is 11.9. The van der Waals surface area contributed by atoms with Gasteiger partial charge >= 0.3 is 0 Å². The molecule has 0 aliphatic carbocycles. The molecule has 0 aromatic heterocycles. The summed E-state index contributed by atoms with van der Waals surface area (Å²) in [4.78, 5) is 23.8. The highest BCUT2D eigenvalue weighted by Crippen LogP contribution is 2.16. The molecule has 0 atom stereocenters. The van der Waals surface area contributed by atoms with E-state index in [1.165, 1.54) is 0 Å². The zero-order valence-corrected chi connectivity index (χ0v) is 14.0. The van der Waals surface area contributed by atoms with E-state index in [0.29, 0.717) is 18.8 Å². The van der Waals surface area contributed by atoms with Crippen molar-refractivity contribution in [3.63, 3.8) is 0 Å². The molecule has 0 bridgehead atoms. The second-order valence-corrected chi connectivity index (χ2v) is 5.47. The van der Waals surface area contributed by atoms with Crippen molar-refractivity contribution in [3.05, 3.63) is 65.2 Å². The first kappa shape index (κ1) is 17.5. The molecular formula is C19H22N2O3. The molecule has 0 unspecified atom stereocenters. The molecular weight excluding hydrogens is 304 g/mol. The summed E-state index contributed by atoms with van der Waals surface area (Å²) in [5.41, 5.74) is 3.02. The lowest BCUT2D eigenvalue weighted by atomic mass is 10.1. The van der Waals surface area contributed by atoms with Crippen molar-refractivity contribution in [2.75, 3.05) is 7.11 Å². The number of carbonyl (C=O) groups excluding carboxylic acids is 2. The van der Waals surface area contributed by atoms with E-state index in [2.05, 4.69) is 10.6 Å². The highest BCUT2D eigenvalue weighted by atomic mass is 16.5. The van der Waals surface area contributed by atoms with Gasteiger partial charge in [-0.3, -0.25) is 9.59 Å². The smallest absolute Gasteiger partial charge is 0.229 e. The Kier molecular flexibility index (Phi) is 6.37. The van der Waals surface area contributed by atoms with E-state index in [4.69, 9.17) is 4.74 Å². The summed E-state index contributed by atoms with van der Waals surface area (Å²) in [5.74, 6) is 0.0979. The molecule has 2 amide bonds. The number of benzene rings is 2. The number of amides is 2. The lowest BCUT2D eigenvalue weighted by molar-refractivity contribution is -0.129. The molecule has 0 saturated carbocycles. The van der Waals surface area contributed by atoms with Gasteiger partial charge in [-0.05, 0) is 24.1 Å². The summed E-state index contributed by atoms with van der Waals surface area (Å²) in [5, 5.41) is 5.50. The molecule has 126 valence electrons. The van der Waals surface area contributed by atoms with E-state index in [-0.39, 0.29) is 18.2 Å². The van der Waals surface area contributed by atoms with Crippen molar-refractivity contribution in [3.8, 4) is 5.75 Å². The van der Waals surface area contributed by atoms with E-state index in [1.807, 2.05) is 55.5 Å². The lowest BCUT2D eigenvalue weighted by Crippen LogP contribution is -2.31. The fraction of sp³-hybridized carbons (Fsp3) is 0.263. The van der Waals surface area contributed by atoms with Crippen molar-refractivity contribution in [2.45, 2.75) is 26.4 Å². The van der Waals surface area contributed by atoms with E-state index >= 15 is 0 Å². The predicted molar refractivity (Wildman–Crippen MR) is 92.5 cm³/mol. The molecule has 5 nitrogen and oxygen atoms in total. The number of aryl methyl sites for hydroxylation is 1. The van der Waals surface area contributed by atoms with Crippen molar-refractivity contribution in [1.82, 2.24) is 10.6 Å². The molecule has 2 rings (SSSR count). The van der Waals surface area contributed by atoms with Gasteiger partial charge < -0.3 is 15.4 Å². The number of carbonyl (C=O) groups is 2. The maximum Gasteiger partial charge on any atom is 0.229 e. The average molecular weight is 326 g/mol. The van der Waals surface area contributed by atoms with Gasteiger partial charge in [0.05, 0.1) is 7.11 Å². The molecule has 0 fully saturated rings. The zero-order chi connectivity index (χ0) is 17.4. The van der Waals surface area contributed by atoms with Crippen LogP contribution in [0, 0.1) is 6.92 Å². The van der Waals surface area contributed by atoms with Crippen LogP contribution in [-0.2, 0) is 22.7 Å². The third-order valence-electron chi connectivity index (χ3n) is 3.73. The highest BCUT2D eigenvalue weighted by molar-refractivity contribution is 5.96. The van der Waals surface area contributed by atoms with Gasteiger partial charge in [0.25, 0.3) is 0 Å². The summed E-state index contributed by atoms with van der Waals surface area (Å²) < 4.78 is 5.23. The molecule has 0 spiro atoms. The summed E-state index contributed by atoms with van der Waals surface area (Å²) in [7, 11) is 1.58. The van der Waals surface area contributed by atoms with Gasteiger partial charge in [-0.2, -0.15) is 0 Å². The van der Waals surface area contributed by atoms with Crippen LogP contribution in [0.5, 0.6) is 5.75 Å². The Balaban J connectivity index is 1.77. The van der Waals surface area contributed by atoms with Gasteiger partial charge in [-0.15, -0.1) is 0 Å². The monoisotopic (exact) mass is 326 g/mol. The zero-order valence-electron chi connectivity index (χ0n) is 14.0. The maximum atomic E-state index is 11.9. The predicted octanol–water partition coefficient (Wildman–Crippen LogP) is 2.33. The Bertz CT molecular complexity index is 713. The van der Waals surface area contributed by atoms with Gasteiger partial charge in [0.15, 0.2) is 0 Å². The van der Waals surface area contributed by atoms with Gasteiger partial charge in [-0.25, -0.2) is 0 Å². The second-order valence-electron chi connectivity index (χ2n) is 5.47. The molecule has 0 radical (unpaired) electrons. The summed E-state index contributed by atoms with van der Waals surface area (Å²) in [6.45, 7) is 2.74. The van der Waals surface area contributed by atoms with E-state index in [0.717, 1.165) is 16.7 Å². The van der Waals surface area contributed by atoms with Gasteiger partial charge in [0.2, 0.25) is 11.8 Å². The number of hydrogen-bond donors (Lipinski definition) is 2. The van der Waals surface area contributed by atoms with Crippen molar-refractivity contribution < 1.29 is 14.3 Å². The molecule has 0 aliphatic rings. The Morgan fingerprint density at radius 3 is 2.04 bits per heavy atom. The van der Waals surface area contributed by atoms with E-state index < -0.39 is 0 Å². The van der Waals surface area contributed by atoms with Crippen LogP contribution in [0.1, 0.15) is 23.1 Å². The average Bonchev–Trinajstić information content (AvgIpc) is 2.59. The van der Waals surface area contributed by atoms with Crippen molar-refractivity contribution in [1.29, 1.82) is 0 Å². The quantitative estimate of drug-likeness (QED) is 0.767. The number of methoxy groups -OCH3 is 1. The van der Waals surface area contributed by atoms with Crippen LogP contribution in [0.3, 0.4) is 0 Å². The number of para-hydroxylation sites is 1. The minimum absolute atomic E-state index is 0.193. The van der Waals surface area contributed by atoms with Crippen LogP contribution < -0.4 is 15.4 Å². The van der Waals surface area contributed by atoms with Crippen molar-refractivity contribution >= 4 is 11.8 Å². The molecule has 24 heavy (non-hydrogen) atoms. The Labute approximate surface area is 142 Å². The third-order valence-corrected chi connectivity index (χ3v) is 3.73. The fourth-order valence-electron chi connectivity index (χ4n) is 2.32. The van der Waals surface area contributed by atoms with E-state index in [1.54, 1.807) is 7.11 Å². The molecule has 5 heteroatoms. The van der Waals surface area contributed by atoms with Crippen LogP contribution in [0.25, 0.3) is 0 Å². The van der Waals surface area contributed by atoms with Crippen molar-refractivity contribution in [2.24, 2.45) is 0 Å². The minimum atomic E-state index is -0.316. The van der Waals surface area contributed by atoms with Gasteiger partial charge in [0, 0.05) is 18.7 Å². The first-order chi connectivity index (χ1) is 11.6. The number of hydrogen-bond acceptors (Lipinski definition) is 3. The van der Waals surface area contributed by atoms with Gasteiger partial charge in [-0.1, -0.05) is 42.5 Å². The largest absolute Gasteiger partial charge is 0.496 e. The normalized spacial score (nSPS) is 10.1. The first-order valence-electron chi connectivity index (χ1n) is 7.80. The second kappa shape index (κ2) is 8.72. The fourth-order valence-corrected chi connectivity index (χ4v) is 2.32. The molecule has 0 heterocycles. The van der Waals surface area contributed by atoms with Crippen LogP contribution in [0.15, 0.2) is 48.5 Å². The van der Waals surface area contributed by atoms with Crippen LogP contribution in [-0.4, -0.2) is 18.9 Å². The lowest BCUT2D eigenvalue weighted by Gasteiger charge is -2.10. The third kappa shape index (κ3) is 5.12. The van der Waals surface area contributed by atoms with E-state index in [9.17, 15) is 9.59 Å². The van der Waals surface area contributed by atoms with Crippen LogP contribution in [0.4, 0.5) is 0 Å². The number of nitrogens with one attached hydrogen (secondary N) is 2. The molecule has 2 aromatic rings. The summed E-state index contributed by atoms with van der Waals surface area (Å²) >= 11 is 0. The van der Waals surface area contributed by atoms with Crippen LogP contribution >= 0.6 is 0 Å².